The smallest absolute Gasteiger partial charge is 0.264 e. The van der Waals surface area contributed by atoms with E-state index < -0.39 is 0 Å². The maximum absolute atomic E-state index is 11.4. The van der Waals surface area contributed by atoms with Gasteiger partial charge in [0.1, 0.15) is 12.1 Å². The van der Waals surface area contributed by atoms with Crippen molar-refractivity contribution in [3.63, 3.8) is 0 Å². The molecule has 0 fully saturated rings. The van der Waals surface area contributed by atoms with Gasteiger partial charge in [-0.3, -0.25) is 10.1 Å². The third-order valence-corrected chi connectivity index (χ3v) is 2.51. The van der Waals surface area contributed by atoms with E-state index in [1.165, 1.54) is 6.33 Å². The quantitative estimate of drug-likeness (QED) is 0.823. The Bertz CT molecular complexity index is 501. The number of aromatic amines is 1. The zero-order chi connectivity index (χ0) is 12.1. The summed E-state index contributed by atoms with van der Waals surface area (Å²) in [5.74, 6) is 0.673. The second kappa shape index (κ2) is 5.62. The molecule has 0 aliphatic carbocycles. The number of H-pyrrole nitrogens is 1. The van der Waals surface area contributed by atoms with Crippen LogP contribution >= 0.6 is 22.6 Å². The molecular formula is C10H9IN4O2. The lowest BCUT2D eigenvalue weighted by Gasteiger charge is -2.05. The van der Waals surface area contributed by atoms with Crippen LogP contribution in [0.3, 0.4) is 0 Å². The molecule has 0 saturated heterocycles. The first kappa shape index (κ1) is 11.8. The van der Waals surface area contributed by atoms with Crippen LogP contribution in [0.15, 0.2) is 30.6 Å². The first-order chi connectivity index (χ1) is 8.24. The lowest BCUT2D eigenvalue weighted by Crippen LogP contribution is -2.20. The van der Waals surface area contributed by atoms with E-state index in [4.69, 9.17) is 4.74 Å². The number of aromatic nitrogens is 3. The molecule has 17 heavy (non-hydrogen) atoms. The summed E-state index contributed by atoms with van der Waals surface area (Å²) in [6, 6.07) is 7.46. The number of hydrogen-bond acceptors (Lipinski definition) is 4. The molecular weight excluding hydrogens is 335 g/mol. The van der Waals surface area contributed by atoms with E-state index in [0.717, 1.165) is 3.57 Å². The SMILES string of the molecule is O=C(COc1cccc(I)c1)Nc1ncn[nH]1. The molecule has 6 nitrogen and oxygen atoms in total. The largest absolute Gasteiger partial charge is 0.484 e. The number of amides is 1. The highest BCUT2D eigenvalue weighted by molar-refractivity contribution is 14.1. The fourth-order valence-corrected chi connectivity index (χ4v) is 1.65. The van der Waals surface area contributed by atoms with Gasteiger partial charge in [0.2, 0.25) is 5.95 Å². The van der Waals surface area contributed by atoms with Crippen molar-refractivity contribution in [3.05, 3.63) is 34.2 Å². The predicted molar refractivity (Wildman–Crippen MR) is 69.7 cm³/mol. The molecule has 0 unspecified atom stereocenters. The Morgan fingerprint density at radius 3 is 3.12 bits per heavy atom. The number of halogens is 1. The molecule has 0 aliphatic rings. The van der Waals surface area contributed by atoms with E-state index in [2.05, 4.69) is 43.1 Å². The molecule has 2 N–H and O–H groups in total. The maximum atomic E-state index is 11.4. The van der Waals surface area contributed by atoms with Crippen molar-refractivity contribution in [1.82, 2.24) is 15.2 Å². The van der Waals surface area contributed by atoms with Crippen LogP contribution in [0.4, 0.5) is 5.95 Å². The number of carbonyl (C=O) groups is 1. The van der Waals surface area contributed by atoms with Crippen LogP contribution in [0, 0.1) is 3.57 Å². The molecule has 2 aromatic rings. The van der Waals surface area contributed by atoms with E-state index in [9.17, 15) is 4.79 Å². The molecule has 0 atom stereocenters. The lowest BCUT2D eigenvalue weighted by atomic mass is 10.3. The van der Waals surface area contributed by atoms with Crippen molar-refractivity contribution in [1.29, 1.82) is 0 Å². The minimum Gasteiger partial charge on any atom is -0.484 e. The molecule has 1 heterocycles. The highest BCUT2D eigenvalue weighted by Crippen LogP contribution is 2.14. The van der Waals surface area contributed by atoms with Crippen molar-refractivity contribution in [3.8, 4) is 5.75 Å². The van der Waals surface area contributed by atoms with Crippen molar-refractivity contribution in [2.75, 3.05) is 11.9 Å². The van der Waals surface area contributed by atoms with Gasteiger partial charge in [-0.05, 0) is 40.8 Å². The Kier molecular flexibility index (Phi) is 3.91. The standard InChI is InChI=1S/C10H9IN4O2/c11-7-2-1-3-8(4-7)17-5-9(16)14-10-12-6-13-15-10/h1-4,6H,5H2,(H2,12,13,14,15,16). The zero-order valence-electron chi connectivity index (χ0n) is 8.68. The van der Waals surface area contributed by atoms with Crippen molar-refractivity contribution in [2.45, 2.75) is 0 Å². The van der Waals surface area contributed by atoms with Crippen LogP contribution in [-0.2, 0) is 4.79 Å². The first-order valence-corrected chi connectivity index (χ1v) is 5.85. The Morgan fingerprint density at radius 2 is 2.41 bits per heavy atom. The van der Waals surface area contributed by atoms with Gasteiger partial charge in [0.05, 0.1) is 0 Å². The molecule has 0 radical (unpaired) electrons. The zero-order valence-corrected chi connectivity index (χ0v) is 10.8. The fourth-order valence-electron chi connectivity index (χ4n) is 1.14. The van der Waals surface area contributed by atoms with E-state index in [0.29, 0.717) is 11.7 Å². The summed E-state index contributed by atoms with van der Waals surface area (Å²) in [5.41, 5.74) is 0. The minimum atomic E-state index is -0.291. The molecule has 88 valence electrons. The average molecular weight is 344 g/mol. The molecule has 1 amide bonds. The summed E-state index contributed by atoms with van der Waals surface area (Å²) >= 11 is 2.18. The number of hydrogen-bond donors (Lipinski definition) is 2. The molecule has 1 aromatic carbocycles. The van der Waals surface area contributed by atoms with Gasteiger partial charge in [0.15, 0.2) is 6.61 Å². The molecule has 1 aromatic heterocycles. The second-order valence-electron chi connectivity index (χ2n) is 3.13. The van der Waals surface area contributed by atoms with Gasteiger partial charge in [-0.2, -0.15) is 10.1 Å². The van der Waals surface area contributed by atoms with Crippen LogP contribution in [-0.4, -0.2) is 27.7 Å². The topological polar surface area (TPSA) is 79.9 Å². The maximum Gasteiger partial charge on any atom is 0.264 e. The average Bonchev–Trinajstić information content (AvgIpc) is 2.79. The van der Waals surface area contributed by atoms with E-state index in [1.54, 1.807) is 6.07 Å². The number of anilines is 1. The summed E-state index contributed by atoms with van der Waals surface area (Å²) in [6.07, 6.45) is 1.32. The van der Waals surface area contributed by atoms with Crippen LogP contribution in [0.5, 0.6) is 5.75 Å². The highest BCUT2D eigenvalue weighted by Gasteiger charge is 2.05. The van der Waals surface area contributed by atoms with Crippen LogP contribution < -0.4 is 10.1 Å². The number of nitrogens with one attached hydrogen (secondary N) is 2. The monoisotopic (exact) mass is 344 g/mol. The van der Waals surface area contributed by atoms with E-state index >= 15 is 0 Å². The Hall–Kier alpha value is -1.64. The predicted octanol–water partition coefficient (Wildman–Crippen LogP) is 1.43. The number of nitrogens with zero attached hydrogens (tertiary/aromatic N) is 2. The summed E-state index contributed by atoms with van der Waals surface area (Å²) < 4.78 is 6.37. The number of rotatable bonds is 4. The van der Waals surface area contributed by atoms with Crippen LogP contribution in [0.25, 0.3) is 0 Å². The third kappa shape index (κ3) is 3.70. The number of benzene rings is 1. The van der Waals surface area contributed by atoms with Crippen LogP contribution in [0.1, 0.15) is 0 Å². The van der Waals surface area contributed by atoms with Gasteiger partial charge in [-0.15, -0.1) is 0 Å². The van der Waals surface area contributed by atoms with Crippen LogP contribution in [0.2, 0.25) is 0 Å². The molecule has 7 heteroatoms. The molecule has 0 saturated carbocycles. The molecule has 2 rings (SSSR count). The van der Waals surface area contributed by atoms with Gasteiger partial charge in [0, 0.05) is 3.57 Å². The third-order valence-electron chi connectivity index (χ3n) is 1.84. The Labute approximate surface area is 111 Å². The number of carbonyl (C=O) groups excluding carboxylic acids is 1. The van der Waals surface area contributed by atoms with Crippen molar-refractivity contribution < 1.29 is 9.53 Å². The summed E-state index contributed by atoms with van der Waals surface area (Å²) in [4.78, 5) is 15.2. The fraction of sp³-hybridized carbons (Fsp3) is 0.100. The normalized spacial score (nSPS) is 9.94. The molecule has 0 aliphatic heterocycles. The van der Waals surface area contributed by atoms with Gasteiger partial charge >= 0.3 is 0 Å². The summed E-state index contributed by atoms with van der Waals surface area (Å²) in [7, 11) is 0. The summed E-state index contributed by atoms with van der Waals surface area (Å²) in [5, 5.41) is 8.65. The van der Waals surface area contributed by atoms with E-state index in [1.807, 2.05) is 18.2 Å². The number of ether oxygens (including phenoxy) is 1. The van der Waals surface area contributed by atoms with Gasteiger partial charge in [-0.25, -0.2) is 5.10 Å². The highest BCUT2D eigenvalue weighted by atomic mass is 127. The van der Waals surface area contributed by atoms with Crippen molar-refractivity contribution >= 4 is 34.4 Å². The second-order valence-corrected chi connectivity index (χ2v) is 4.37. The molecule has 0 spiro atoms. The minimum absolute atomic E-state index is 0.0687. The van der Waals surface area contributed by atoms with E-state index in [-0.39, 0.29) is 12.5 Å². The lowest BCUT2D eigenvalue weighted by molar-refractivity contribution is -0.118. The summed E-state index contributed by atoms with van der Waals surface area (Å²) in [6.45, 7) is -0.0687. The van der Waals surface area contributed by atoms with Crippen molar-refractivity contribution in [2.24, 2.45) is 0 Å². The van der Waals surface area contributed by atoms with Gasteiger partial charge < -0.3 is 4.74 Å². The van der Waals surface area contributed by atoms with Gasteiger partial charge in [0.25, 0.3) is 5.91 Å². The Morgan fingerprint density at radius 1 is 1.53 bits per heavy atom. The molecule has 0 bridgehead atoms. The Balaban J connectivity index is 1.84. The van der Waals surface area contributed by atoms with Gasteiger partial charge in [-0.1, -0.05) is 6.07 Å². The first-order valence-electron chi connectivity index (χ1n) is 4.77.